The lowest BCUT2D eigenvalue weighted by molar-refractivity contribution is 1.12. The van der Waals surface area contributed by atoms with Crippen LogP contribution >= 0.6 is 0 Å². The summed E-state index contributed by atoms with van der Waals surface area (Å²) < 4.78 is 0. The van der Waals surface area contributed by atoms with Crippen molar-refractivity contribution in [3.63, 3.8) is 0 Å². The summed E-state index contributed by atoms with van der Waals surface area (Å²) in [5.74, 6) is 13.3. The molecule has 14 heavy (non-hydrogen) atoms. The first-order valence-electron chi connectivity index (χ1n) is 5.37. The molecule has 0 spiro atoms. The Morgan fingerprint density at radius 1 is 0.643 bits per heavy atom. The van der Waals surface area contributed by atoms with Gasteiger partial charge in [0.15, 0.2) is 0 Å². The first-order valence-corrected chi connectivity index (χ1v) is 12.8. The summed E-state index contributed by atoms with van der Waals surface area (Å²) in [6.45, 7) is 9.99. The van der Waals surface area contributed by atoms with Crippen LogP contribution in [0.25, 0.3) is 0 Å². The second kappa shape index (κ2) is 4.38. The monoisotopic (exact) mass is 220 g/mol. The number of hydrogen-bond acceptors (Lipinski definition) is 0. The Morgan fingerprint density at radius 3 is 1.36 bits per heavy atom. The molecule has 1 aliphatic rings. The molecule has 0 fully saturated rings. The Labute approximate surface area is 90.3 Å². The van der Waals surface area contributed by atoms with Gasteiger partial charge in [0, 0.05) is 24.9 Å². The molecule has 0 atom stereocenters. The van der Waals surface area contributed by atoms with Crippen LogP contribution in [-0.4, -0.2) is 15.2 Å². The third kappa shape index (κ3) is 2.77. The van der Waals surface area contributed by atoms with Crippen LogP contribution in [0, 0.1) is 23.7 Å². The van der Waals surface area contributed by atoms with Crippen molar-refractivity contribution in [1.29, 1.82) is 0 Å². The minimum atomic E-state index is -1.09. The van der Waals surface area contributed by atoms with Gasteiger partial charge in [0.05, 0.1) is 15.2 Å². The van der Waals surface area contributed by atoms with Gasteiger partial charge in [0.2, 0.25) is 0 Å². The molecule has 0 saturated heterocycles. The minimum absolute atomic E-state index is 0.972. The van der Waals surface area contributed by atoms with Gasteiger partial charge in [-0.3, -0.25) is 0 Å². The maximum absolute atomic E-state index is 3.38. The van der Waals surface area contributed by atoms with Crippen LogP contribution in [0.2, 0.25) is 38.3 Å². The summed E-state index contributed by atoms with van der Waals surface area (Å²) in [7, 11) is -2.18. The zero-order valence-electron chi connectivity index (χ0n) is 9.83. The summed E-state index contributed by atoms with van der Waals surface area (Å²) in [6.07, 6.45) is 1.94. The average molecular weight is 220 g/mol. The summed E-state index contributed by atoms with van der Waals surface area (Å²) >= 11 is 0. The van der Waals surface area contributed by atoms with E-state index in [2.05, 4.69) is 49.9 Å². The lowest BCUT2D eigenvalue weighted by Crippen LogP contribution is -2.54. The second-order valence-corrected chi connectivity index (χ2v) is 21.7. The Balaban J connectivity index is 2.89. The molecule has 0 saturated carbocycles. The van der Waals surface area contributed by atoms with E-state index in [4.69, 9.17) is 0 Å². The lowest BCUT2D eigenvalue weighted by atomic mass is 10.3. The predicted octanol–water partition coefficient (Wildman–Crippen LogP) is 3.28. The van der Waals surface area contributed by atoms with Crippen molar-refractivity contribution in [3.05, 3.63) is 0 Å². The van der Waals surface area contributed by atoms with Gasteiger partial charge in [0.1, 0.15) is 0 Å². The van der Waals surface area contributed by atoms with Crippen LogP contribution in [0.4, 0.5) is 0 Å². The highest BCUT2D eigenvalue weighted by Gasteiger charge is 2.39. The maximum atomic E-state index is 3.38. The summed E-state index contributed by atoms with van der Waals surface area (Å²) in [5.41, 5.74) is 0. The molecule has 0 aromatic heterocycles. The van der Waals surface area contributed by atoms with E-state index in [1.54, 1.807) is 0 Å². The molecule has 1 heterocycles. The molecule has 0 aliphatic carbocycles. The van der Waals surface area contributed by atoms with Gasteiger partial charge in [-0.05, 0) is 0 Å². The fourth-order valence-corrected chi connectivity index (χ4v) is 6.84. The second-order valence-electron chi connectivity index (χ2n) is 5.33. The van der Waals surface area contributed by atoms with Crippen LogP contribution in [0.5, 0.6) is 0 Å². The first kappa shape index (κ1) is 11.6. The first-order chi connectivity index (χ1) is 6.46. The van der Waals surface area contributed by atoms with E-state index in [1.807, 2.05) is 0 Å². The average Bonchev–Trinajstić information content (AvgIpc) is 2.08. The van der Waals surface area contributed by atoms with E-state index in [0.717, 1.165) is 12.8 Å². The van der Waals surface area contributed by atoms with Gasteiger partial charge in [0.25, 0.3) is 0 Å². The third-order valence-electron chi connectivity index (χ3n) is 3.52. The molecule has 0 N–H and O–H groups in total. The van der Waals surface area contributed by atoms with Crippen LogP contribution in [-0.2, 0) is 0 Å². The Bertz CT molecular complexity index is 284. The van der Waals surface area contributed by atoms with E-state index in [9.17, 15) is 0 Å². The van der Waals surface area contributed by atoms with Crippen LogP contribution < -0.4 is 0 Å². The van der Waals surface area contributed by atoms with Crippen molar-refractivity contribution in [2.24, 2.45) is 0 Å². The van der Waals surface area contributed by atoms with Gasteiger partial charge >= 0.3 is 0 Å². The quantitative estimate of drug-likeness (QED) is 0.434. The largest absolute Gasteiger partial charge is 0.107 e. The lowest BCUT2D eigenvalue weighted by Gasteiger charge is -2.35. The van der Waals surface area contributed by atoms with Crippen molar-refractivity contribution in [2.45, 2.75) is 51.1 Å². The highest BCUT2D eigenvalue weighted by atomic mass is 29.3. The topological polar surface area (TPSA) is 0 Å². The van der Waals surface area contributed by atoms with Crippen molar-refractivity contribution < 1.29 is 0 Å². The predicted molar refractivity (Wildman–Crippen MR) is 69.4 cm³/mol. The molecule has 0 amide bonds. The molecular weight excluding hydrogens is 200 g/mol. The van der Waals surface area contributed by atoms with E-state index in [-0.39, 0.29) is 0 Å². The van der Waals surface area contributed by atoms with Crippen LogP contribution in [0.3, 0.4) is 0 Å². The molecule has 0 aromatic rings. The SMILES string of the molecule is C[Si]1(C)CC#CCCC#CC[Si]1(C)C. The van der Waals surface area contributed by atoms with E-state index in [1.165, 1.54) is 12.1 Å². The van der Waals surface area contributed by atoms with Crippen molar-refractivity contribution in [2.75, 3.05) is 0 Å². The van der Waals surface area contributed by atoms with Crippen molar-refractivity contribution in [1.82, 2.24) is 0 Å². The molecule has 0 radical (unpaired) electrons. The summed E-state index contributed by atoms with van der Waals surface area (Å²) in [5, 5.41) is 0. The fraction of sp³-hybridized carbons (Fsp3) is 0.667. The van der Waals surface area contributed by atoms with Crippen LogP contribution in [0.15, 0.2) is 0 Å². The number of hydrogen-bond donors (Lipinski definition) is 0. The normalized spacial score (nSPS) is 23.7. The van der Waals surface area contributed by atoms with E-state index in [0.29, 0.717) is 0 Å². The molecular formula is C12H20Si2. The van der Waals surface area contributed by atoms with Gasteiger partial charge in [-0.15, -0.1) is 23.7 Å². The van der Waals surface area contributed by atoms with Gasteiger partial charge in [-0.2, -0.15) is 0 Å². The third-order valence-corrected chi connectivity index (χ3v) is 21.4. The van der Waals surface area contributed by atoms with Gasteiger partial charge < -0.3 is 0 Å². The van der Waals surface area contributed by atoms with Gasteiger partial charge in [-0.1, -0.05) is 26.2 Å². The molecule has 76 valence electrons. The highest BCUT2D eigenvalue weighted by Crippen LogP contribution is 2.26. The Kier molecular flexibility index (Phi) is 3.64. The van der Waals surface area contributed by atoms with Crippen LogP contribution in [0.1, 0.15) is 12.8 Å². The molecule has 0 nitrogen and oxygen atoms in total. The van der Waals surface area contributed by atoms with Crippen molar-refractivity contribution in [3.8, 4) is 23.7 Å². The number of rotatable bonds is 0. The molecule has 0 aromatic carbocycles. The molecule has 1 aliphatic heterocycles. The smallest absolute Gasteiger partial charge is 0.0556 e. The summed E-state index contributed by atoms with van der Waals surface area (Å²) in [4.78, 5) is 0. The minimum Gasteiger partial charge on any atom is -0.107 e. The standard InChI is InChI=1S/C12H20Si2/c1-13(2)11-9-7-5-6-8-10-12-14(13,3)4/h5-6,11-12H2,1-4H3. The summed E-state index contributed by atoms with van der Waals surface area (Å²) in [6, 6.07) is 2.38. The molecule has 0 unspecified atom stereocenters. The zero-order valence-corrected chi connectivity index (χ0v) is 11.8. The van der Waals surface area contributed by atoms with Crippen molar-refractivity contribution >= 4 is 15.2 Å². The zero-order chi connectivity index (χ0) is 10.7. The van der Waals surface area contributed by atoms with Gasteiger partial charge in [-0.25, -0.2) is 0 Å². The molecule has 1 rings (SSSR count). The van der Waals surface area contributed by atoms with E-state index < -0.39 is 15.2 Å². The fourth-order valence-electron chi connectivity index (χ4n) is 1.35. The Morgan fingerprint density at radius 2 is 1.00 bits per heavy atom. The molecule has 0 bridgehead atoms. The Hall–Kier alpha value is -0.446. The molecule has 2 heteroatoms. The van der Waals surface area contributed by atoms with E-state index >= 15 is 0 Å². The highest BCUT2D eigenvalue weighted by molar-refractivity contribution is 7.41. The maximum Gasteiger partial charge on any atom is 0.0556 e.